The summed E-state index contributed by atoms with van der Waals surface area (Å²) in [6, 6.07) is 1.80. The number of aliphatic hydroxyl groups excluding tert-OH is 1. The third-order valence-electron chi connectivity index (χ3n) is 3.82. The van der Waals surface area contributed by atoms with Crippen LogP contribution in [-0.2, 0) is 4.43 Å². The SMILES string of the molecule is CC(C)(C)[Si](C)(C)OCCCC(O)c1ccoc1. The van der Waals surface area contributed by atoms with Gasteiger partial charge >= 0.3 is 0 Å². The number of aliphatic hydroxyl groups is 1. The summed E-state index contributed by atoms with van der Waals surface area (Å²) in [5.41, 5.74) is 0.849. The minimum absolute atomic E-state index is 0.246. The van der Waals surface area contributed by atoms with Crippen molar-refractivity contribution in [1.82, 2.24) is 0 Å². The van der Waals surface area contributed by atoms with Gasteiger partial charge in [-0.15, -0.1) is 0 Å². The largest absolute Gasteiger partial charge is 0.472 e. The Balaban J connectivity index is 2.27. The molecule has 1 aromatic heterocycles. The molecule has 1 heterocycles. The van der Waals surface area contributed by atoms with Gasteiger partial charge in [-0.25, -0.2) is 0 Å². The van der Waals surface area contributed by atoms with Crippen LogP contribution in [0, 0.1) is 0 Å². The number of furan rings is 1. The van der Waals surface area contributed by atoms with Crippen LogP contribution in [0.2, 0.25) is 18.1 Å². The molecule has 3 nitrogen and oxygen atoms in total. The molecule has 0 radical (unpaired) electrons. The Hall–Kier alpha value is -0.583. The second kappa shape index (κ2) is 6.04. The Bertz CT molecular complexity index is 338. The van der Waals surface area contributed by atoms with Crippen LogP contribution in [0.4, 0.5) is 0 Å². The van der Waals surface area contributed by atoms with E-state index < -0.39 is 14.4 Å². The van der Waals surface area contributed by atoms with E-state index in [-0.39, 0.29) is 5.04 Å². The van der Waals surface area contributed by atoms with Crippen LogP contribution in [0.5, 0.6) is 0 Å². The van der Waals surface area contributed by atoms with Crippen LogP contribution in [-0.4, -0.2) is 20.0 Å². The highest BCUT2D eigenvalue weighted by Crippen LogP contribution is 2.36. The zero-order valence-corrected chi connectivity index (χ0v) is 13.2. The van der Waals surface area contributed by atoms with Crippen LogP contribution in [0.3, 0.4) is 0 Å². The highest BCUT2D eigenvalue weighted by atomic mass is 28.4. The first-order valence-corrected chi connectivity index (χ1v) is 9.49. The molecule has 104 valence electrons. The molecule has 1 unspecified atom stereocenters. The van der Waals surface area contributed by atoms with Gasteiger partial charge in [0.1, 0.15) is 0 Å². The molecule has 0 saturated heterocycles. The maximum absolute atomic E-state index is 9.89. The van der Waals surface area contributed by atoms with Gasteiger partial charge in [0.05, 0.1) is 18.6 Å². The minimum Gasteiger partial charge on any atom is -0.472 e. The van der Waals surface area contributed by atoms with Crippen molar-refractivity contribution in [2.24, 2.45) is 0 Å². The second-order valence-corrected chi connectivity index (χ2v) is 11.1. The van der Waals surface area contributed by atoms with Gasteiger partial charge in [0.15, 0.2) is 8.32 Å². The summed E-state index contributed by atoms with van der Waals surface area (Å²) in [5, 5.41) is 10.1. The molecule has 18 heavy (non-hydrogen) atoms. The van der Waals surface area contributed by atoms with Crippen LogP contribution in [0.25, 0.3) is 0 Å². The van der Waals surface area contributed by atoms with E-state index in [1.54, 1.807) is 18.6 Å². The van der Waals surface area contributed by atoms with E-state index in [1.807, 2.05) is 0 Å². The zero-order chi connectivity index (χ0) is 13.8. The first kappa shape index (κ1) is 15.5. The Morgan fingerprint density at radius 2 is 2.06 bits per heavy atom. The van der Waals surface area contributed by atoms with Crippen molar-refractivity contribution in [2.45, 2.75) is 57.8 Å². The standard InChI is InChI=1S/C14H26O3Si/c1-14(2,3)18(4,5)17-9-6-7-13(15)12-8-10-16-11-12/h8,10-11,13,15H,6-7,9H2,1-5H3. The molecule has 1 N–H and O–H groups in total. The molecule has 1 atom stereocenters. The highest BCUT2D eigenvalue weighted by molar-refractivity contribution is 6.74. The number of hydrogen-bond donors (Lipinski definition) is 1. The molecular formula is C14H26O3Si. The summed E-state index contributed by atoms with van der Waals surface area (Å²) in [5.74, 6) is 0. The molecule has 1 aromatic rings. The number of rotatable bonds is 6. The number of hydrogen-bond acceptors (Lipinski definition) is 3. The normalized spacial score (nSPS) is 14.8. The van der Waals surface area contributed by atoms with Crippen molar-refractivity contribution in [3.8, 4) is 0 Å². The Morgan fingerprint density at radius 1 is 1.39 bits per heavy atom. The van der Waals surface area contributed by atoms with E-state index in [4.69, 9.17) is 8.84 Å². The summed E-state index contributed by atoms with van der Waals surface area (Å²) in [4.78, 5) is 0. The van der Waals surface area contributed by atoms with Gasteiger partial charge in [-0.2, -0.15) is 0 Å². The Labute approximate surface area is 111 Å². The summed E-state index contributed by atoms with van der Waals surface area (Å²) in [7, 11) is -1.64. The lowest BCUT2D eigenvalue weighted by molar-refractivity contribution is 0.152. The van der Waals surface area contributed by atoms with Gasteiger partial charge in [0.25, 0.3) is 0 Å². The van der Waals surface area contributed by atoms with Crippen LogP contribution in [0.1, 0.15) is 45.3 Å². The van der Waals surface area contributed by atoms with Crippen LogP contribution >= 0.6 is 0 Å². The lowest BCUT2D eigenvalue weighted by Gasteiger charge is -2.36. The molecule has 0 fully saturated rings. The first-order valence-electron chi connectivity index (χ1n) is 6.58. The Morgan fingerprint density at radius 3 is 2.56 bits per heavy atom. The molecular weight excluding hydrogens is 244 g/mol. The fourth-order valence-electron chi connectivity index (χ4n) is 1.45. The predicted molar refractivity (Wildman–Crippen MR) is 76.1 cm³/mol. The molecule has 0 amide bonds. The van der Waals surface area contributed by atoms with Crippen LogP contribution < -0.4 is 0 Å². The van der Waals surface area contributed by atoms with E-state index in [2.05, 4.69) is 33.9 Å². The molecule has 0 aliphatic heterocycles. The third kappa shape index (κ3) is 4.26. The fraction of sp³-hybridized carbons (Fsp3) is 0.714. The van der Waals surface area contributed by atoms with E-state index in [9.17, 15) is 5.11 Å². The lowest BCUT2D eigenvalue weighted by Crippen LogP contribution is -2.41. The predicted octanol–water partition coefficient (Wildman–Crippen LogP) is 4.12. The van der Waals surface area contributed by atoms with Crippen molar-refractivity contribution in [3.63, 3.8) is 0 Å². The van der Waals surface area contributed by atoms with Gasteiger partial charge < -0.3 is 13.9 Å². The topological polar surface area (TPSA) is 42.6 Å². The van der Waals surface area contributed by atoms with Crippen molar-refractivity contribution in [2.75, 3.05) is 6.61 Å². The molecule has 0 bridgehead atoms. The second-order valence-electron chi connectivity index (χ2n) is 6.32. The molecule has 0 aromatic carbocycles. The minimum atomic E-state index is -1.64. The fourth-order valence-corrected chi connectivity index (χ4v) is 2.54. The van der Waals surface area contributed by atoms with Gasteiger partial charge in [-0.3, -0.25) is 0 Å². The maximum atomic E-state index is 9.89. The van der Waals surface area contributed by atoms with Crippen molar-refractivity contribution < 1.29 is 13.9 Å². The van der Waals surface area contributed by atoms with Gasteiger partial charge in [0.2, 0.25) is 0 Å². The van der Waals surface area contributed by atoms with E-state index in [0.29, 0.717) is 6.42 Å². The quantitative estimate of drug-likeness (QED) is 0.624. The third-order valence-corrected chi connectivity index (χ3v) is 8.36. The van der Waals surface area contributed by atoms with Gasteiger partial charge in [-0.1, -0.05) is 20.8 Å². The van der Waals surface area contributed by atoms with E-state index >= 15 is 0 Å². The zero-order valence-electron chi connectivity index (χ0n) is 12.2. The summed E-state index contributed by atoms with van der Waals surface area (Å²) < 4.78 is 11.0. The molecule has 0 saturated carbocycles. The molecule has 0 aliphatic carbocycles. The monoisotopic (exact) mass is 270 g/mol. The van der Waals surface area contributed by atoms with Crippen molar-refractivity contribution >= 4 is 8.32 Å². The average Bonchev–Trinajstić information content (AvgIpc) is 2.75. The smallest absolute Gasteiger partial charge is 0.191 e. The van der Waals surface area contributed by atoms with E-state index in [1.165, 1.54) is 0 Å². The van der Waals surface area contributed by atoms with Crippen molar-refractivity contribution in [3.05, 3.63) is 24.2 Å². The van der Waals surface area contributed by atoms with E-state index in [0.717, 1.165) is 18.6 Å². The van der Waals surface area contributed by atoms with Gasteiger partial charge in [-0.05, 0) is 37.0 Å². The average molecular weight is 270 g/mol. The first-order chi connectivity index (χ1) is 8.24. The van der Waals surface area contributed by atoms with Crippen LogP contribution in [0.15, 0.2) is 23.0 Å². The molecule has 0 aliphatic rings. The molecule has 0 spiro atoms. The Kier molecular flexibility index (Phi) is 5.19. The van der Waals surface area contributed by atoms with Crippen molar-refractivity contribution in [1.29, 1.82) is 0 Å². The summed E-state index contributed by atoms with van der Waals surface area (Å²) >= 11 is 0. The van der Waals surface area contributed by atoms with Gasteiger partial charge in [0, 0.05) is 12.2 Å². The lowest BCUT2D eigenvalue weighted by atomic mass is 10.1. The molecule has 1 rings (SSSR count). The molecule has 4 heteroatoms. The highest BCUT2D eigenvalue weighted by Gasteiger charge is 2.36. The maximum Gasteiger partial charge on any atom is 0.191 e. The summed E-state index contributed by atoms with van der Waals surface area (Å²) in [6.45, 7) is 11.9. The summed E-state index contributed by atoms with van der Waals surface area (Å²) in [6.07, 6.45) is 4.34.